The second kappa shape index (κ2) is 7.98. The largest absolute Gasteiger partial charge is 0.481 e. The molecule has 0 saturated carbocycles. The highest BCUT2D eigenvalue weighted by molar-refractivity contribution is 5.94. The van der Waals surface area contributed by atoms with Gasteiger partial charge in [0, 0.05) is 19.2 Å². The molecule has 0 atom stereocenters. The number of carboxylic acids is 1. The van der Waals surface area contributed by atoms with Gasteiger partial charge in [-0.3, -0.25) is 14.9 Å². The molecule has 1 rings (SSSR count). The maximum absolute atomic E-state index is 11.6. The molecule has 3 N–H and O–H groups in total. The van der Waals surface area contributed by atoms with Gasteiger partial charge in [0.25, 0.3) is 0 Å². The third-order valence-corrected chi connectivity index (χ3v) is 2.41. The average Bonchev–Trinajstić information content (AvgIpc) is 2.81. The van der Waals surface area contributed by atoms with E-state index in [0.29, 0.717) is 12.2 Å². The van der Waals surface area contributed by atoms with Crippen LogP contribution in [-0.2, 0) is 22.6 Å². The Labute approximate surface area is 121 Å². The Morgan fingerprint density at radius 3 is 2.71 bits per heavy atom. The van der Waals surface area contributed by atoms with Gasteiger partial charge in [-0.05, 0) is 5.92 Å². The van der Waals surface area contributed by atoms with Crippen LogP contribution in [0.25, 0.3) is 0 Å². The normalized spacial score (nSPS) is 10.4. The van der Waals surface area contributed by atoms with E-state index in [0.717, 1.165) is 0 Å². The highest BCUT2D eigenvalue weighted by atomic mass is 16.4. The molecule has 0 bridgehead atoms. The van der Waals surface area contributed by atoms with Crippen LogP contribution in [0.2, 0.25) is 0 Å². The van der Waals surface area contributed by atoms with Crippen LogP contribution in [0.5, 0.6) is 0 Å². The first kappa shape index (κ1) is 16.6. The number of imide groups is 1. The molecule has 0 spiro atoms. The fourth-order valence-corrected chi connectivity index (χ4v) is 1.42. The Bertz CT molecular complexity index is 512. The molecule has 9 heteroatoms. The minimum absolute atomic E-state index is 0.0531. The first-order valence-electron chi connectivity index (χ1n) is 6.55. The first-order chi connectivity index (χ1) is 9.86. The van der Waals surface area contributed by atoms with Gasteiger partial charge < -0.3 is 10.4 Å². The Kier molecular flexibility index (Phi) is 6.31. The van der Waals surface area contributed by atoms with Crippen LogP contribution in [0, 0.1) is 5.92 Å². The number of carbonyl (C=O) groups excluding carboxylic acids is 2. The van der Waals surface area contributed by atoms with Crippen molar-refractivity contribution in [3.05, 3.63) is 11.9 Å². The standard InChI is InChI=1S/C12H19N5O4/c1-8(2)5-13-12(21)14-10(18)7-17-6-9(15-16-17)3-4-11(19)20/h6,8H,3-5,7H2,1-2H3,(H,19,20)(H2,13,14,18,21). The molecule has 1 aromatic rings. The highest BCUT2D eigenvalue weighted by Gasteiger charge is 2.10. The summed E-state index contributed by atoms with van der Waals surface area (Å²) in [6.45, 7) is 4.20. The Morgan fingerprint density at radius 1 is 1.38 bits per heavy atom. The molecule has 116 valence electrons. The molecule has 0 aliphatic rings. The number of urea groups is 1. The predicted octanol–water partition coefficient (Wildman–Crippen LogP) is -0.223. The fraction of sp³-hybridized carbons (Fsp3) is 0.583. The lowest BCUT2D eigenvalue weighted by Gasteiger charge is -2.08. The van der Waals surface area contributed by atoms with Crippen molar-refractivity contribution in [1.29, 1.82) is 0 Å². The lowest BCUT2D eigenvalue weighted by Crippen LogP contribution is -2.42. The Hall–Kier alpha value is -2.45. The zero-order valence-corrected chi connectivity index (χ0v) is 12.0. The highest BCUT2D eigenvalue weighted by Crippen LogP contribution is 1.98. The van der Waals surface area contributed by atoms with Gasteiger partial charge in [0.1, 0.15) is 6.54 Å². The molecule has 0 saturated heterocycles. The SMILES string of the molecule is CC(C)CNC(=O)NC(=O)Cn1cc(CCC(=O)O)nn1. The van der Waals surface area contributed by atoms with Gasteiger partial charge in [0.05, 0.1) is 12.1 Å². The van der Waals surface area contributed by atoms with Crippen LogP contribution in [0.1, 0.15) is 26.0 Å². The number of nitrogens with zero attached hydrogens (tertiary/aromatic N) is 3. The van der Waals surface area contributed by atoms with E-state index in [-0.39, 0.29) is 25.3 Å². The van der Waals surface area contributed by atoms with E-state index in [2.05, 4.69) is 20.9 Å². The number of rotatable bonds is 7. The van der Waals surface area contributed by atoms with Gasteiger partial charge in [0.15, 0.2) is 0 Å². The lowest BCUT2D eigenvalue weighted by molar-refractivity contribution is -0.137. The fourth-order valence-electron chi connectivity index (χ4n) is 1.42. The van der Waals surface area contributed by atoms with Crippen molar-refractivity contribution in [3.63, 3.8) is 0 Å². The van der Waals surface area contributed by atoms with Crippen LogP contribution >= 0.6 is 0 Å². The third-order valence-electron chi connectivity index (χ3n) is 2.41. The van der Waals surface area contributed by atoms with Gasteiger partial charge >= 0.3 is 12.0 Å². The van der Waals surface area contributed by atoms with Gasteiger partial charge in [-0.2, -0.15) is 0 Å². The molecule has 0 aliphatic heterocycles. The monoisotopic (exact) mass is 297 g/mol. The topological polar surface area (TPSA) is 126 Å². The smallest absolute Gasteiger partial charge is 0.321 e. The molecular weight excluding hydrogens is 278 g/mol. The number of aromatic nitrogens is 3. The first-order valence-corrected chi connectivity index (χ1v) is 6.55. The zero-order valence-electron chi connectivity index (χ0n) is 12.0. The van der Waals surface area contributed by atoms with Crippen molar-refractivity contribution < 1.29 is 19.5 Å². The van der Waals surface area contributed by atoms with E-state index in [4.69, 9.17) is 5.11 Å². The summed E-state index contributed by atoms with van der Waals surface area (Å²) < 4.78 is 1.25. The number of hydrogen-bond acceptors (Lipinski definition) is 5. The minimum atomic E-state index is -0.927. The molecule has 0 unspecified atom stereocenters. The summed E-state index contributed by atoms with van der Waals surface area (Å²) in [5, 5.41) is 20.7. The summed E-state index contributed by atoms with van der Waals surface area (Å²) in [6.07, 6.45) is 1.67. The molecule has 21 heavy (non-hydrogen) atoms. The Balaban J connectivity index is 2.37. The number of aryl methyl sites for hydroxylation is 1. The summed E-state index contributed by atoms with van der Waals surface area (Å²) in [5.41, 5.74) is 0.481. The van der Waals surface area contributed by atoms with Crippen LogP contribution in [0.3, 0.4) is 0 Å². The average molecular weight is 297 g/mol. The van der Waals surface area contributed by atoms with Gasteiger partial charge in [-0.15, -0.1) is 5.10 Å². The van der Waals surface area contributed by atoms with Crippen LogP contribution in [-0.4, -0.2) is 44.6 Å². The second-order valence-electron chi connectivity index (χ2n) is 4.95. The van der Waals surface area contributed by atoms with Crippen LogP contribution in [0.4, 0.5) is 4.79 Å². The van der Waals surface area contributed by atoms with E-state index < -0.39 is 17.9 Å². The maximum atomic E-state index is 11.6. The molecule has 0 fully saturated rings. The number of aliphatic carboxylic acids is 1. The van der Waals surface area contributed by atoms with Crippen molar-refractivity contribution in [2.45, 2.75) is 33.2 Å². The minimum Gasteiger partial charge on any atom is -0.481 e. The number of hydrogen-bond donors (Lipinski definition) is 3. The number of amides is 3. The summed E-state index contributed by atoms with van der Waals surface area (Å²) in [4.78, 5) is 33.4. The molecule has 0 radical (unpaired) electrons. The number of carboxylic acid groups (broad SMARTS) is 1. The van der Waals surface area contributed by atoms with Gasteiger partial charge in [0.2, 0.25) is 5.91 Å². The summed E-state index contributed by atoms with van der Waals surface area (Å²) in [7, 11) is 0. The Morgan fingerprint density at radius 2 is 2.10 bits per heavy atom. The lowest BCUT2D eigenvalue weighted by atomic mass is 10.2. The van der Waals surface area contributed by atoms with E-state index in [1.54, 1.807) is 0 Å². The molecule has 0 aromatic carbocycles. The molecule has 0 aliphatic carbocycles. The zero-order chi connectivity index (χ0) is 15.8. The molecule has 1 aromatic heterocycles. The van der Waals surface area contributed by atoms with Gasteiger partial charge in [-0.1, -0.05) is 19.1 Å². The van der Waals surface area contributed by atoms with E-state index in [1.807, 2.05) is 13.8 Å². The predicted molar refractivity (Wildman–Crippen MR) is 72.4 cm³/mol. The van der Waals surface area contributed by atoms with E-state index in [9.17, 15) is 14.4 Å². The van der Waals surface area contributed by atoms with E-state index >= 15 is 0 Å². The summed E-state index contributed by atoms with van der Waals surface area (Å²) in [5.74, 6) is -1.16. The second-order valence-corrected chi connectivity index (χ2v) is 4.95. The molecule has 3 amide bonds. The molecule has 1 heterocycles. The van der Waals surface area contributed by atoms with Crippen molar-refractivity contribution in [2.75, 3.05) is 6.54 Å². The van der Waals surface area contributed by atoms with Crippen molar-refractivity contribution >= 4 is 17.9 Å². The maximum Gasteiger partial charge on any atom is 0.321 e. The van der Waals surface area contributed by atoms with Crippen molar-refractivity contribution in [1.82, 2.24) is 25.6 Å². The van der Waals surface area contributed by atoms with Crippen molar-refractivity contribution in [3.8, 4) is 0 Å². The number of carbonyl (C=O) groups is 3. The van der Waals surface area contributed by atoms with Crippen LogP contribution in [0.15, 0.2) is 6.20 Å². The third kappa shape index (κ3) is 7.04. The summed E-state index contributed by atoms with van der Waals surface area (Å²) in [6, 6.07) is -0.556. The molecule has 9 nitrogen and oxygen atoms in total. The van der Waals surface area contributed by atoms with Crippen molar-refractivity contribution in [2.24, 2.45) is 5.92 Å². The van der Waals surface area contributed by atoms with Gasteiger partial charge in [-0.25, -0.2) is 9.48 Å². The molecular formula is C12H19N5O4. The van der Waals surface area contributed by atoms with Crippen LogP contribution < -0.4 is 10.6 Å². The summed E-state index contributed by atoms with van der Waals surface area (Å²) >= 11 is 0. The number of nitrogens with one attached hydrogen (secondary N) is 2. The quantitative estimate of drug-likeness (QED) is 0.638. The van der Waals surface area contributed by atoms with E-state index in [1.165, 1.54) is 10.9 Å².